The van der Waals surface area contributed by atoms with Crippen LogP contribution in [0.5, 0.6) is 0 Å². The molecule has 3 fully saturated rings. The number of nitrogens with one attached hydrogen (secondary N) is 1. The van der Waals surface area contributed by atoms with E-state index in [1.54, 1.807) is 0 Å². The Morgan fingerprint density at radius 1 is 1.25 bits per heavy atom. The molecule has 3 saturated heterocycles. The molecule has 4 nitrogen and oxygen atoms in total. The summed E-state index contributed by atoms with van der Waals surface area (Å²) in [5, 5.41) is 3.33. The summed E-state index contributed by atoms with van der Waals surface area (Å²) in [6, 6.07) is 10.9. The highest BCUT2D eigenvalue weighted by atomic mass is 16.5. The number of fused-ring (bicyclic) bond motifs is 2. The molecule has 130 valence electrons. The summed E-state index contributed by atoms with van der Waals surface area (Å²) in [5.74, 6) is 0.819. The van der Waals surface area contributed by atoms with Crippen molar-refractivity contribution in [1.82, 2.24) is 10.2 Å². The van der Waals surface area contributed by atoms with Crippen molar-refractivity contribution in [3.8, 4) is 0 Å². The van der Waals surface area contributed by atoms with Gasteiger partial charge in [-0.3, -0.25) is 9.69 Å². The summed E-state index contributed by atoms with van der Waals surface area (Å²) < 4.78 is 5.84. The number of carbonyl (C=O) groups is 1. The monoisotopic (exact) mass is 328 g/mol. The molecule has 0 aromatic heterocycles. The highest BCUT2D eigenvalue weighted by Crippen LogP contribution is 2.39. The molecule has 3 aliphatic rings. The molecule has 1 aromatic rings. The molecule has 1 amide bonds. The number of ether oxygens (including phenoxy) is 1. The maximum Gasteiger partial charge on any atom is 0.226 e. The number of hydrogen-bond donors (Lipinski definition) is 1. The minimum atomic E-state index is 0.0956. The fourth-order valence-electron chi connectivity index (χ4n) is 4.64. The summed E-state index contributed by atoms with van der Waals surface area (Å²) in [4.78, 5) is 15.1. The van der Waals surface area contributed by atoms with E-state index in [1.807, 2.05) is 0 Å². The van der Waals surface area contributed by atoms with Crippen LogP contribution in [0.1, 0.15) is 38.2 Å². The lowest BCUT2D eigenvalue weighted by atomic mass is 9.87. The van der Waals surface area contributed by atoms with Crippen LogP contribution in [0.15, 0.2) is 30.3 Å². The van der Waals surface area contributed by atoms with E-state index >= 15 is 0 Å². The van der Waals surface area contributed by atoms with Gasteiger partial charge in [0.2, 0.25) is 5.91 Å². The molecular weight excluding hydrogens is 300 g/mol. The van der Waals surface area contributed by atoms with E-state index in [1.165, 1.54) is 5.56 Å². The Balaban J connectivity index is 1.28. The van der Waals surface area contributed by atoms with Crippen molar-refractivity contribution in [2.24, 2.45) is 11.8 Å². The predicted octanol–water partition coefficient (Wildman–Crippen LogP) is 2.58. The number of rotatable bonds is 4. The van der Waals surface area contributed by atoms with Crippen LogP contribution in [0.3, 0.4) is 0 Å². The SMILES string of the molecule is C[C@@H]1CN(Cc2ccccc2)CC[C@H]1NC(=O)[C@H]1C[C@H]2CC[C@H]1O2. The number of nitrogens with zero attached hydrogens (tertiary/aromatic N) is 1. The molecule has 0 saturated carbocycles. The molecule has 24 heavy (non-hydrogen) atoms. The molecule has 4 rings (SSSR count). The van der Waals surface area contributed by atoms with E-state index in [-0.39, 0.29) is 17.9 Å². The molecule has 3 aliphatic heterocycles. The summed E-state index contributed by atoms with van der Waals surface area (Å²) >= 11 is 0. The van der Waals surface area contributed by atoms with Gasteiger partial charge in [-0.1, -0.05) is 37.3 Å². The zero-order valence-electron chi connectivity index (χ0n) is 14.5. The maximum absolute atomic E-state index is 12.6. The quantitative estimate of drug-likeness (QED) is 0.924. The largest absolute Gasteiger partial charge is 0.374 e. The Kier molecular flexibility index (Phi) is 4.59. The van der Waals surface area contributed by atoms with E-state index in [0.29, 0.717) is 18.1 Å². The molecule has 0 unspecified atom stereocenters. The molecule has 2 bridgehead atoms. The smallest absolute Gasteiger partial charge is 0.226 e. The third kappa shape index (κ3) is 3.35. The highest BCUT2D eigenvalue weighted by molar-refractivity contribution is 5.80. The Bertz CT molecular complexity index is 576. The molecule has 1 N–H and O–H groups in total. The number of amides is 1. The first kappa shape index (κ1) is 16.1. The van der Waals surface area contributed by atoms with Gasteiger partial charge >= 0.3 is 0 Å². The molecule has 3 heterocycles. The van der Waals surface area contributed by atoms with Crippen molar-refractivity contribution >= 4 is 5.91 Å². The first-order chi connectivity index (χ1) is 11.7. The minimum absolute atomic E-state index is 0.0956. The van der Waals surface area contributed by atoms with Crippen molar-refractivity contribution in [2.45, 2.75) is 57.4 Å². The fraction of sp³-hybridized carbons (Fsp3) is 0.650. The van der Waals surface area contributed by atoms with E-state index < -0.39 is 0 Å². The Labute approximate surface area is 144 Å². The van der Waals surface area contributed by atoms with Gasteiger partial charge in [0, 0.05) is 25.7 Å². The standard InChI is InChI=1S/C20H28N2O2/c1-14-12-22(13-15-5-3-2-4-6-15)10-9-18(14)21-20(23)17-11-16-7-8-19(17)24-16/h2-6,14,16-19H,7-13H2,1H3,(H,21,23)/t14-,16-,17+,18-,19-/m1/s1. The lowest BCUT2D eigenvalue weighted by Gasteiger charge is -2.38. The number of benzene rings is 1. The first-order valence-corrected chi connectivity index (χ1v) is 9.41. The normalized spacial score (nSPS) is 36.0. The highest BCUT2D eigenvalue weighted by Gasteiger charge is 2.45. The molecule has 5 atom stereocenters. The van der Waals surface area contributed by atoms with Crippen LogP contribution < -0.4 is 5.32 Å². The lowest BCUT2D eigenvalue weighted by molar-refractivity contribution is -0.128. The summed E-state index contributed by atoms with van der Waals surface area (Å²) in [6.45, 7) is 5.37. The van der Waals surface area contributed by atoms with Crippen LogP contribution in [-0.2, 0) is 16.1 Å². The van der Waals surface area contributed by atoms with Gasteiger partial charge in [-0.25, -0.2) is 0 Å². The van der Waals surface area contributed by atoms with Crippen molar-refractivity contribution in [1.29, 1.82) is 0 Å². The van der Waals surface area contributed by atoms with Gasteiger partial charge in [0.25, 0.3) is 0 Å². The van der Waals surface area contributed by atoms with Gasteiger partial charge in [-0.15, -0.1) is 0 Å². The van der Waals surface area contributed by atoms with E-state index in [4.69, 9.17) is 4.74 Å². The van der Waals surface area contributed by atoms with Crippen LogP contribution >= 0.6 is 0 Å². The number of hydrogen-bond acceptors (Lipinski definition) is 3. The Morgan fingerprint density at radius 3 is 2.75 bits per heavy atom. The van der Waals surface area contributed by atoms with Gasteiger partial charge in [-0.05, 0) is 37.2 Å². The van der Waals surface area contributed by atoms with Crippen molar-refractivity contribution in [3.63, 3.8) is 0 Å². The molecule has 0 spiro atoms. The molecule has 0 aliphatic carbocycles. The van der Waals surface area contributed by atoms with Gasteiger partial charge in [0.15, 0.2) is 0 Å². The van der Waals surface area contributed by atoms with Gasteiger partial charge in [-0.2, -0.15) is 0 Å². The first-order valence-electron chi connectivity index (χ1n) is 9.41. The number of carbonyl (C=O) groups excluding carboxylic acids is 1. The Hall–Kier alpha value is -1.39. The minimum Gasteiger partial charge on any atom is -0.374 e. The lowest BCUT2D eigenvalue weighted by Crippen LogP contribution is -2.51. The second kappa shape index (κ2) is 6.85. The third-order valence-electron chi connectivity index (χ3n) is 6.01. The molecule has 0 radical (unpaired) electrons. The second-order valence-corrected chi connectivity index (χ2v) is 7.82. The summed E-state index contributed by atoms with van der Waals surface area (Å²) in [7, 11) is 0. The molecular formula is C20H28N2O2. The van der Waals surface area contributed by atoms with Crippen LogP contribution in [0.4, 0.5) is 0 Å². The van der Waals surface area contributed by atoms with E-state index in [2.05, 4.69) is 47.5 Å². The van der Waals surface area contributed by atoms with Crippen molar-refractivity contribution in [2.75, 3.05) is 13.1 Å². The summed E-state index contributed by atoms with van der Waals surface area (Å²) in [5.41, 5.74) is 1.37. The van der Waals surface area contributed by atoms with Gasteiger partial charge < -0.3 is 10.1 Å². The average molecular weight is 328 g/mol. The van der Waals surface area contributed by atoms with Crippen molar-refractivity contribution < 1.29 is 9.53 Å². The van der Waals surface area contributed by atoms with E-state index in [9.17, 15) is 4.79 Å². The summed E-state index contributed by atoms with van der Waals surface area (Å²) in [6.07, 6.45) is 4.70. The van der Waals surface area contributed by atoms with E-state index in [0.717, 1.165) is 45.3 Å². The zero-order chi connectivity index (χ0) is 16.5. The average Bonchev–Trinajstić information content (AvgIpc) is 3.21. The molecule has 1 aromatic carbocycles. The van der Waals surface area contributed by atoms with Crippen molar-refractivity contribution in [3.05, 3.63) is 35.9 Å². The third-order valence-corrected chi connectivity index (χ3v) is 6.01. The zero-order valence-corrected chi connectivity index (χ0v) is 14.5. The van der Waals surface area contributed by atoms with Gasteiger partial charge in [0.1, 0.15) is 0 Å². The molecule has 4 heteroatoms. The Morgan fingerprint density at radius 2 is 2.08 bits per heavy atom. The number of piperidine rings is 1. The maximum atomic E-state index is 12.6. The second-order valence-electron chi connectivity index (χ2n) is 7.82. The predicted molar refractivity (Wildman–Crippen MR) is 93.4 cm³/mol. The van der Waals surface area contributed by atoms with Crippen LogP contribution in [-0.4, -0.2) is 42.1 Å². The van der Waals surface area contributed by atoms with Crippen LogP contribution in [0.2, 0.25) is 0 Å². The topological polar surface area (TPSA) is 41.6 Å². The van der Waals surface area contributed by atoms with Gasteiger partial charge in [0.05, 0.1) is 18.1 Å². The van der Waals surface area contributed by atoms with Crippen LogP contribution in [0.25, 0.3) is 0 Å². The van der Waals surface area contributed by atoms with Crippen LogP contribution in [0, 0.1) is 11.8 Å². The number of likely N-dealkylation sites (tertiary alicyclic amines) is 1. The fourth-order valence-corrected chi connectivity index (χ4v) is 4.64.